The first-order valence-electron chi connectivity index (χ1n) is 7.05. The third-order valence-corrected chi connectivity index (χ3v) is 5.65. The van der Waals surface area contributed by atoms with Gasteiger partial charge in [-0.05, 0) is 39.5 Å². The molecule has 1 saturated carbocycles. The van der Waals surface area contributed by atoms with Crippen LogP contribution in [0.2, 0.25) is 0 Å². The molecule has 0 spiro atoms. The zero-order valence-corrected chi connectivity index (χ0v) is 12.3. The predicted molar refractivity (Wildman–Crippen MR) is 78.9 cm³/mol. The maximum atomic E-state index is 5.88. The van der Waals surface area contributed by atoms with Crippen LogP contribution < -0.4 is 0 Å². The summed E-state index contributed by atoms with van der Waals surface area (Å²) < 4.78 is 0. The van der Waals surface area contributed by atoms with E-state index in [-0.39, 0.29) is 16.4 Å². The molecular weight excluding hydrogens is 218 g/mol. The highest BCUT2D eigenvalue weighted by molar-refractivity contribution is 5.37. The van der Waals surface area contributed by atoms with Gasteiger partial charge in [0.25, 0.3) is 12.1 Å². The van der Waals surface area contributed by atoms with Gasteiger partial charge < -0.3 is 0 Å². The van der Waals surface area contributed by atoms with Crippen LogP contribution in [0.15, 0.2) is 23.8 Å². The van der Waals surface area contributed by atoms with E-state index in [0.717, 1.165) is 32.1 Å². The number of hydrogen-bond donors (Lipinski definition) is 0. The van der Waals surface area contributed by atoms with Crippen molar-refractivity contribution >= 4 is 0 Å². The van der Waals surface area contributed by atoms with Crippen molar-refractivity contribution in [1.29, 1.82) is 0 Å². The second-order valence-electron chi connectivity index (χ2n) is 7.07. The topological polar surface area (TPSA) is 4.36 Å². The van der Waals surface area contributed by atoms with E-state index in [4.69, 9.17) is 6.57 Å². The van der Waals surface area contributed by atoms with E-state index in [1.54, 1.807) is 0 Å². The van der Waals surface area contributed by atoms with Gasteiger partial charge in [0.05, 0.1) is 5.41 Å². The first kappa shape index (κ1) is 13.4. The molecule has 1 fully saturated rings. The highest BCUT2D eigenvalue weighted by Gasteiger charge is 2.76. The summed E-state index contributed by atoms with van der Waals surface area (Å²) in [6.07, 6.45) is 7.85. The molecule has 18 heavy (non-hydrogen) atoms. The van der Waals surface area contributed by atoms with Gasteiger partial charge in [0.2, 0.25) is 0 Å². The summed E-state index contributed by atoms with van der Waals surface area (Å²) in [6, 6.07) is 0. The first-order valence-corrected chi connectivity index (χ1v) is 7.05. The molecule has 0 aliphatic heterocycles. The Hall–Kier alpha value is -1.03. The quantitative estimate of drug-likeness (QED) is 0.516. The summed E-state index contributed by atoms with van der Waals surface area (Å²) in [4.78, 5) is 4.41. The molecule has 0 unspecified atom stereocenters. The molecule has 0 heterocycles. The number of fused-ring (bicyclic) bond motifs is 1. The van der Waals surface area contributed by atoms with Crippen molar-refractivity contribution in [3.63, 3.8) is 0 Å². The van der Waals surface area contributed by atoms with Gasteiger partial charge in [-0.3, -0.25) is 0 Å². The highest BCUT2D eigenvalue weighted by Crippen LogP contribution is 2.69. The summed E-state index contributed by atoms with van der Waals surface area (Å²) in [5, 5.41) is 0. The van der Waals surface area contributed by atoms with E-state index in [0.29, 0.717) is 0 Å². The lowest BCUT2D eigenvalue weighted by Gasteiger charge is -2.58. The molecule has 2 aliphatic carbocycles. The van der Waals surface area contributed by atoms with Crippen LogP contribution in [0.25, 0.3) is 4.85 Å². The summed E-state index contributed by atoms with van der Waals surface area (Å²) in [5.74, 6) is 0. The molecule has 98 valence electrons. The Balaban J connectivity index is 2.46. The average Bonchev–Trinajstić information content (AvgIpc) is 2.30. The van der Waals surface area contributed by atoms with Gasteiger partial charge in [0.15, 0.2) is 0 Å². The van der Waals surface area contributed by atoms with Crippen LogP contribution in [-0.2, 0) is 0 Å². The van der Waals surface area contributed by atoms with E-state index in [2.05, 4.69) is 45.2 Å². The van der Waals surface area contributed by atoms with Crippen LogP contribution in [0.3, 0.4) is 0 Å². The van der Waals surface area contributed by atoms with Crippen molar-refractivity contribution in [2.75, 3.05) is 0 Å². The molecule has 0 aromatic heterocycles. The zero-order chi connectivity index (χ0) is 13.6. The van der Waals surface area contributed by atoms with Crippen molar-refractivity contribution in [3.05, 3.63) is 28.6 Å². The van der Waals surface area contributed by atoms with Crippen LogP contribution >= 0.6 is 0 Å². The molecule has 0 aromatic carbocycles. The Morgan fingerprint density at radius 2 is 1.94 bits per heavy atom. The van der Waals surface area contributed by atoms with Gasteiger partial charge in [0.1, 0.15) is 0 Å². The maximum Gasteiger partial charge on any atom is 0.294 e. The Kier molecular flexibility index (Phi) is 2.97. The monoisotopic (exact) mass is 244 g/mol. The standard InChI is InChI=1S/C17H26N/c1-13-8-7-9-14(2)16(5)12-15(3,4)17(16,18-6)11-10-13/h6,8H,2,7,9-12H2,1,3-5H3/q+1/b13-8+/t16-,17-/m1/s1. The van der Waals surface area contributed by atoms with Gasteiger partial charge in [0, 0.05) is 11.8 Å². The minimum Gasteiger partial charge on any atom is -0.0990 e. The molecule has 1 heteroatoms. The SMILES string of the molecule is C#[N+][C@@]12CC/C(C)=C/CCC(=C)[C@@]1(C)CC2(C)C. The molecule has 0 radical (unpaired) electrons. The highest BCUT2D eigenvalue weighted by atomic mass is 14.9. The van der Waals surface area contributed by atoms with Crippen molar-refractivity contribution in [2.24, 2.45) is 10.8 Å². The number of hydrogen-bond acceptors (Lipinski definition) is 0. The van der Waals surface area contributed by atoms with E-state index >= 15 is 0 Å². The largest absolute Gasteiger partial charge is 0.294 e. The molecule has 0 bridgehead atoms. The molecular formula is C17H26N+. The fourth-order valence-electron chi connectivity index (χ4n) is 4.48. The van der Waals surface area contributed by atoms with Crippen LogP contribution in [0.1, 0.15) is 59.8 Å². The zero-order valence-electron chi connectivity index (χ0n) is 12.3. The number of rotatable bonds is 0. The fourth-order valence-corrected chi connectivity index (χ4v) is 4.48. The lowest BCUT2D eigenvalue weighted by atomic mass is 9.39. The molecule has 0 saturated heterocycles. The lowest BCUT2D eigenvalue weighted by Crippen LogP contribution is -2.66. The maximum absolute atomic E-state index is 5.88. The smallest absolute Gasteiger partial charge is 0.0990 e. The summed E-state index contributed by atoms with van der Waals surface area (Å²) in [7, 11) is 0. The van der Waals surface area contributed by atoms with Gasteiger partial charge >= 0.3 is 0 Å². The third-order valence-electron chi connectivity index (χ3n) is 5.65. The molecule has 2 atom stereocenters. The van der Waals surface area contributed by atoms with Gasteiger partial charge in [-0.2, -0.15) is 0 Å². The van der Waals surface area contributed by atoms with E-state index in [1.165, 1.54) is 11.1 Å². The second-order valence-corrected chi connectivity index (χ2v) is 7.07. The van der Waals surface area contributed by atoms with Crippen LogP contribution in [0.4, 0.5) is 0 Å². The second kappa shape index (κ2) is 3.98. The van der Waals surface area contributed by atoms with Crippen LogP contribution in [-0.4, -0.2) is 5.54 Å². The van der Waals surface area contributed by atoms with Gasteiger partial charge in [-0.25, -0.2) is 0 Å². The average molecular weight is 244 g/mol. The van der Waals surface area contributed by atoms with Gasteiger partial charge in [-0.15, -0.1) is 0 Å². The third kappa shape index (κ3) is 1.51. The van der Waals surface area contributed by atoms with Crippen molar-refractivity contribution in [1.82, 2.24) is 0 Å². The number of nitrogens with zero attached hydrogens (tertiary/aromatic N) is 1. The molecule has 2 aliphatic rings. The Morgan fingerprint density at radius 1 is 1.28 bits per heavy atom. The normalized spacial score (nSPS) is 42.2. The molecule has 0 amide bonds. The molecule has 1 nitrogen and oxygen atoms in total. The van der Waals surface area contributed by atoms with Crippen molar-refractivity contribution < 1.29 is 0 Å². The Morgan fingerprint density at radius 3 is 2.50 bits per heavy atom. The van der Waals surface area contributed by atoms with Crippen molar-refractivity contribution in [2.45, 2.75) is 65.3 Å². The molecule has 0 aromatic rings. The van der Waals surface area contributed by atoms with E-state index in [1.807, 2.05) is 0 Å². The van der Waals surface area contributed by atoms with E-state index in [9.17, 15) is 0 Å². The summed E-state index contributed by atoms with van der Waals surface area (Å²) in [6.45, 7) is 19.4. The Bertz CT molecular complexity index is 449. The Labute approximate surface area is 112 Å². The van der Waals surface area contributed by atoms with Crippen LogP contribution in [0.5, 0.6) is 0 Å². The van der Waals surface area contributed by atoms with Crippen molar-refractivity contribution in [3.8, 4) is 6.57 Å². The fraction of sp³-hybridized carbons (Fsp3) is 0.706. The molecule has 2 rings (SSSR count). The molecule has 0 N–H and O–H groups in total. The summed E-state index contributed by atoms with van der Waals surface area (Å²) in [5.41, 5.74) is 2.95. The van der Waals surface area contributed by atoms with Gasteiger partial charge in [-0.1, -0.05) is 42.5 Å². The summed E-state index contributed by atoms with van der Waals surface area (Å²) >= 11 is 0. The minimum absolute atomic E-state index is 0.0870. The minimum atomic E-state index is -0.128. The van der Waals surface area contributed by atoms with E-state index < -0.39 is 0 Å². The number of allylic oxidation sites excluding steroid dienone is 2. The van der Waals surface area contributed by atoms with Crippen LogP contribution in [0, 0.1) is 17.4 Å². The lowest BCUT2D eigenvalue weighted by molar-refractivity contribution is -0.0723. The first-order chi connectivity index (χ1) is 8.29. The predicted octanol–water partition coefficient (Wildman–Crippen LogP) is 5.20.